The van der Waals surface area contributed by atoms with Gasteiger partial charge in [0.15, 0.2) is 0 Å². The number of benzene rings is 2. The van der Waals surface area contributed by atoms with Crippen LogP contribution in [0.4, 0.5) is 5.69 Å². The lowest BCUT2D eigenvalue weighted by molar-refractivity contribution is 0.0523. The quantitative estimate of drug-likeness (QED) is 0.181. The number of ether oxygens (including phenoxy) is 1. The molecule has 1 aromatic heterocycles. The summed E-state index contributed by atoms with van der Waals surface area (Å²) in [5, 5.41) is 10.2. The molecule has 0 aliphatic heterocycles. The van der Waals surface area contributed by atoms with E-state index in [1.807, 2.05) is 67.0 Å². The maximum atomic E-state index is 13.3. The molecule has 0 radical (unpaired) electrons. The lowest BCUT2D eigenvalue weighted by Gasteiger charge is -2.14. The maximum absolute atomic E-state index is 13.3. The molecule has 3 rings (SSSR count). The topological polar surface area (TPSA) is 63.5 Å². The summed E-state index contributed by atoms with van der Waals surface area (Å²) in [4.78, 5) is 14.0. The number of phenolic OH excluding ortho intramolecular Hbond substituents is 1. The van der Waals surface area contributed by atoms with Gasteiger partial charge >= 0.3 is 5.97 Å². The second kappa shape index (κ2) is 11.7. The minimum Gasteiger partial charge on any atom is -0.506 e. The van der Waals surface area contributed by atoms with Crippen LogP contribution in [-0.4, -0.2) is 22.2 Å². The molecule has 0 fully saturated rings. The number of hydrogen-bond acceptors (Lipinski definition) is 5. The van der Waals surface area contributed by atoms with Crippen LogP contribution < -0.4 is 4.72 Å². The number of nitrogens with one attached hydrogen (secondary N) is 1. The van der Waals surface area contributed by atoms with Crippen molar-refractivity contribution in [3.63, 3.8) is 0 Å². The molecule has 0 saturated heterocycles. The number of nitrogens with zero attached hydrogens (tertiary/aromatic N) is 1. The first kappa shape index (κ1) is 25.3. The summed E-state index contributed by atoms with van der Waals surface area (Å²) in [6, 6.07) is 14.7. The summed E-state index contributed by atoms with van der Waals surface area (Å²) in [6.07, 6.45) is 7.49. The number of rotatable bonds is 9. The SMILES string of the molecule is C=C/C=C\C(=C/C)n1c(C)c(SNc2ccc(Cl)c(O)c2)c(C(=O)OCC)c1-c1ccccc1. The molecule has 0 aliphatic rings. The van der Waals surface area contributed by atoms with Crippen molar-refractivity contribution in [1.82, 2.24) is 4.57 Å². The third-order valence-corrected chi connectivity index (χ3v) is 6.41. The molecule has 34 heavy (non-hydrogen) atoms. The van der Waals surface area contributed by atoms with E-state index in [2.05, 4.69) is 11.3 Å². The second-order valence-corrected chi connectivity index (χ2v) is 8.46. The number of aromatic nitrogens is 1. The zero-order chi connectivity index (χ0) is 24.7. The number of carbonyl (C=O) groups excluding carboxylic acids is 1. The van der Waals surface area contributed by atoms with E-state index in [0.29, 0.717) is 11.3 Å². The highest BCUT2D eigenvalue weighted by Gasteiger charge is 2.29. The molecule has 176 valence electrons. The lowest BCUT2D eigenvalue weighted by Crippen LogP contribution is -2.08. The van der Waals surface area contributed by atoms with Gasteiger partial charge in [-0.05, 0) is 56.5 Å². The van der Waals surface area contributed by atoms with Crippen molar-refractivity contribution in [2.45, 2.75) is 25.7 Å². The van der Waals surface area contributed by atoms with Gasteiger partial charge in [-0.15, -0.1) is 0 Å². The Hall–Kier alpha value is -3.35. The van der Waals surface area contributed by atoms with E-state index < -0.39 is 5.97 Å². The second-order valence-electron chi connectivity index (χ2n) is 7.24. The van der Waals surface area contributed by atoms with Crippen molar-refractivity contribution in [1.29, 1.82) is 0 Å². The van der Waals surface area contributed by atoms with Crippen LogP contribution in [0.25, 0.3) is 17.0 Å². The highest BCUT2D eigenvalue weighted by molar-refractivity contribution is 8.00. The normalized spacial score (nSPS) is 11.6. The van der Waals surface area contributed by atoms with Crippen LogP contribution in [0.2, 0.25) is 5.02 Å². The van der Waals surface area contributed by atoms with Gasteiger partial charge in [-0.1, -0.05) is 66.7 Å². The Morgan fingerprint density at radius 1 is 1.26 bits per heavy atom. The first-order chi connectivity index (χ1) is 16.4. The summed E-state index contributed by atoms with van der Waals surface area (Å²) in [5.41, 5.74) is 4.48. The highest BCUT2D eigenvalue weighted by atomic mass is 35.5. The molecule has 0 unspecified atom stereocenters. The fourth-order valence-corrected chi connectivity index (χ4v) is 4.52. The van der Waals surface area contributed by atoms with Gasteiger partial charge in [0.05, 0.1) is 22.2 Å². The number of allylic oxidation sites excluding steroid dienone is 5. The van der Waals surface area contributed by atoms with Gasteiger partial charge in [-0.25, -0.2) is 4.79 Å². The number of esters is 1. The molecule has 0 atom stereocenters. The summed E-state index contributed by atoms with van der Waals surface area (Å²) in [5.74, 6) is -0.433. The van der Waals surface area contributed by atoms with Gasteiger partial charge in [0.1, 0.15) is 11.3 Å². The van der Waals surface area contributed by atoms with Crippen molar-refractivity contribution in [3.05, 3.63) is 95.7 Å². The van der Waals surface area contributed by atoms with Gasteiger partial charge in [0.2, 0.25) is 0 Å². The number of aromatic hydroxyl groups is 1. The summed E-state index contributed by atoms with van der Waals surface area (Å²) < 4.78 is 10.7. The largest absolute Gasteiger partial charge is 0.506 e. The maximum Gasteiger partial charge on any atom is 0.341 e. The molecule has 2 aromatic carbocycles. The van der Waals surface area contributed by atoms with Gasteiger partial charge in [0.25, 0.3) is 0 Å². The average Bonchev–Trinajstić information content (AvgIpc) is 3.13. The summed E-state index contributed by atoms with van der Waals surface area (Å²) in [7, 11) is 0. The molecular weight excluding hydrogens is 468 g/mol. The molecule has 3 aromatic rings. The van der Waals surface area contributed by atoms with Crippen LogP contribution in [0.5, 0.6) is 5.75 Å². The molecule has 1 heterocycles. The van der Waals surface area contributed by atoms with E-state index in [4.69, 9.17) is 16.3 Å². The van der Waals surface area contributed by atoms with Crippen LogP contribution in [-0.2, 0) is 4.74 Å². The van der Waals surface area contributed by atoms with E-state index >= 15 is 0 Å². The third-order valence-electron chi connectivity index (χ3n) is 5.05. The Bertz CT molecular complexity index is 1250. The zero-order valence-corrected chi connectivity index (χ0v) is 20.9. The Kier molecular flexibility index (Phi) is 8.68. The van der Waals surface area contributed by atoms with Gasteiger partial charge in [0, 0.05) is 23.1 Å². The predicted molar refractivity (Wildman–Crippen MR) is 142 cm³/mol. The molecule has 7 heteroatoms. The van der Waals surface area contributed by atoms with E-state index in [-0.39, 0.29) is 17.4 Å². The fourth-order valence-electron chi connectivity index (χ4n) is 3.53. The summed E-state index contributed by atoms with van der Waals surface area (Å²) in [6.45, 7) is 9.73. The Morgan fingerprint density at radius 3 is 2.62 bits per heavy atom. The predicted octanol–water partition coefficient (Wildman–Crippen LogP) is 7.72. The molecule has 0 aliphatic carbocycles. The van der Waals surface area contributed by atoms with E-state index in [9.17, 15) is 9.90 Å². The first-order valence-corrected chi connectivity index (χ1v) is 12.0. The average molecular weight is 495 g/mol. The van der Waals surface area contributed by atoms with Crippen molar-refractivity contribution in [2.24, 2.45) is 0 Å². The summed E-state index contributed by atoms with van der Waals surface area (Å²) >= 11 is 7.22. The molecule has 0 amide bonds. The molecule has 0 saturated carbocycles. The highest BCUT2D eigenvalue weighted by Crippen LogP contribution is 2.41. The van der Waals surface area contributed by atoms with E-state index in [1.165, 1.54) is 18.0 Å². The molecule has 5 nitrogen and oxygen atoms in total. The van der Waals surface area contributed by atoms with Crippen LogP contribution in [0.1, 0.15) is 29.9 Å². The molecular formula is C27H27ClN2O3S. The monoisotopic (exact) mass is 494 g/mol. The van der Waals surface area contributed by atoms with Crippen molar-refractivity contribution >= 4 is 40.9 Å². The number of halogens is 1. The minimum atomic E-state index is -0.408. The Morgan fingerprint density at radius 2 is 2.00 bits per heavy atom. The van der Waals surface area contributed by atoms with E-state index in [0.717, 1.165) is 27.5 Å². The van der Waals surface area contributed by atoms with Crippen molar-refractivity contribution in [2.75, 3.05) is 11.3 Å². The van der Waals surface area contributed by atoms with Gasteiger partial charge in [-0.3, -0.25) is 0 Å². The first-order valence-electron chi connectivity index (χ1n) is 10.8. The zero-order valence-electron chi connectivity index (χ0n) is 19.3. The minimum absolute atomic E-state index is 0.0251. The standard InChI is InChI=1S/C27H27ClN2O3S/c1-5-8-14-21(6-2)30-18(4)26(34-29-20-15-16-22(28)23(31)17-20)24(27(32)33-7-3)25(30)19-12-10-9-11-13-19/h5-6,8-17,29,31H,1,7H2,2-4H3/b14-8-,21-6+. The molecule has 0 spiro atoms. The molecule has 0 bridgehead atoms. The van der Waals surface area contributed by atoms with Crippen molar-refractivity contribution in [3.8, 4) is 17.0 Å². The number of hydrogen-bond donors (Lipinski definition) is 2. The van der Waals surface area contributed by atoms with Crippen molar-refractivity contribution < 1.29 is 14.6 Å². The van der Waals surface area contributed by atoms with Gasteiger partial charge in [-0.2, -0.15) is 0 Å². The third kappa shape index (κ3) is 5.41. The van der Waals surface area contributed by atoms with Crippen LogP contribution >= 0.6 is 23.5 Å². The number of anilines is 1. The number of carbonyl (C=O) groups is 1. The van der Waals surface area contributed by atoms with Crippen LogP contribution in [0.3, 0.4) is 0 Å². The smallest absolute Gasteiger partial charge is 0.341 e. The lowest BCUT2D eigenvalue weighted by atomic mass is 10.1. The van der Waals surface area contributed by atoms with Crippen LogP contribution in [0.15, 0.2) is 84.3 Å². The number of phenols is 1. The van der Waals surface area contributed by atoms with Crippen LogP contribution in [0, 0.1) is 6.92 Å². The van der Waals surface area contributed by atoms with Gasteiger partial charge < -0.3 is 19.1 Å². The van der Waals surface area contributed by atoms with E-state index in [1.54, 1.807) is 25.1 Å². The Balaban J connectivity index is 2.24. The Labute approximate surface area is 209 Å². The fraction of sp³-hybridized carbons (Fsp3) is 0.148. The molecule has 2 N–H and O–H groups in total.